The Balaban J connectivity index is 2.05. The summed E-state index contributed by atoms with van der Waals surface area (Å²) in [6.45, 7) is 5.36. The monoisotopic (exact) mass is 246 g/mol. The zero-order valence-corrected chi connectivity index (χ0v) is 11.3. The molecule has 0 fully saturated rings. The average Bonchev–Trinajstić information content (AvgIpc) is 2.78. The molecule has 1 N–H and O–H groups in total. The van der Waals surface area contributed by atoms with Crippen molar-refractivity contribution in [3.05, 3.63) is 30.2 Å². The molecular formula is C15H22N2O. The normalized spacial score (nSPS) is 13.0. The molecule has 0 radical (unpaired) electrons. The van der Waals surface area contributed by atoms with Crippen molar-refractivity contribution in [1.29, 1.82) is 0 Å². The predicted octanol–water partition coefficient (Wildman–Crippen LogP) is 3.54. The Hall–Kier alpha value is -1.35. The zero-order valence-electron chi connectivity index (χ0n) is 11.3. The van der Waals surface area contributed by atoms with E-state index < -0.39 is 0 Å². The standard InChI is InChI=1S/C15H22N2O/c1-3-5-8-12(16-4-2)11-15-17-13-9-6-7-10-14(13)18-15/h6-7,9-10,12,16H,3-5,8,11H2,1-2H3. The molecule has 0 aliphatic heterocycles. The Morgan fingerprint density at radius 3 is 2.83 bits per heavy atom. The second kappa shape index (κ2) is 6.55. The van der Waals surface area contributed by atoms with Gasteiger partial charge in [0.1, 0.15) is 5.52 Å². The first kappa shape index (κ1) is 13.1. The molecule has 1 heterocycles. The summed E-state index contributed by atoms with van der Waals surface area (Å²) in [5, 5.41) is 3.51. The molecule has 2 rings (SSSR count). The molecule has 3 nitrogen and oxygen atoms in total. The second-order valence-corrected chi connectivity index (χ2v) is 4.68. The largest absolute Gasteiger partial charge is 0.441 e. The Kier molecular flexibility index (Phi) is 4.76. The number of nitrogens with zero attached hydrogens (tertiary/aromatic N) is 1. The van der Waals surface area contributed by atoms with E-state index in [0.29, 0.717) is 6.04 Å². The van der Waals surface area contributed by atoms with Crippen molar-refractivity contribution in [3.8, 4) is 0 Å². The summed E-state index contributed by atoms with van der Waals surface area (Å²) in [6, 6.07) is 8.42. The highest BCUT2D eigenvalue weighted by molar-refractivity contribution is 5.72. The Morgan fingerprint density at radius 1 is 1.28 bits per heavy atom. The summed E-state index contributed by atoms with van der Waals surface area (Å²) in [7, 11) is 0. The Labute approximate surface area is 109 Å². The molecule has 98 valence electrons. The molecule has 0 bridgehead atoms. The molecule has 1 atom stereocenters. The Bertz CT molecular complexity index is 445. The van der Waals surface area contributed by atoms with Crippen LogP contribution in [0.4, 0.5) is 0 Å². The summed E-state index contributed by atoms with van der Waals surface area (Å²) in [4.78, 5) is 4.54. The molecule has 0 spiro atoms. The maximum atomic E-state index is 5.77. The van der Waals surface area contributed by atoms with E-state index in [4.69, 9.17) is 4.42 Å². The first-order valence-electron chi connectivity index (χ1n) is 6.91. The SMILES string of the molecule is CCCCC(Cc1nc2ccccc2o1)NCC. The lowest BCUT2D eigenvalue weighted by Crippen LogP contribution is -2.31. The predicted molar refractivity (Wildman–Crippen MR) is 74.7 cm³/mol. The first-order valence-corrected chi connectivity index (χ1v) is 6.91. The van der Waals surface area contributed by atoms with Gasteiger partial charge < -0.3 is 9.73 Å². The van der Waals surface area contributed by atoms with Crippen LogP contribution < -0.4 is 5.32 Å². The zero-order chi connectivity index (χ0) is 12.8. The number of rotatable bonds is 7. The minimum absolute atomic E-state index is 0.475. The molecule has 0 aliphatic carbocycles. The summed E-state index contributed by atoms with van der Waals surface area (Å²) in [5.41, 5.74) is 1.84. The molecule has 0 saturated heterocycles. The van der Waals surface area contributed by atoms with Crippen LogP contribution in [0.5, 0.6) is 0 Å². The Morgan fingerprint density at radius 2 is 2.11 bits per heavy atom. The van der Waals surface area contributed by atoms with Gasteiger partial charge in [0.05, 0.1) is 0 Å². The average molecular weight is 246 g/mol. The third kappa shape index (κ3) is 3.33. The van der Waals surface area contributed by atoms with Crippen LogP contribution in [0.25, 0.3) is 11.1 Å². The third-order valence-corrected chi connectivity index (χ3v) is 3.16. The molecule has 1 aromatic carbocycles. The molecule has 1 aromatic heterocycles. The van der Waals surface area contributed by atoms with Crippen molar-refractivity contribution in [2.75, 3.05) is 6.54 Å². The van der Waals surface area contributed by atoms with E-state index in [2.05, 4.69) is 24.1 Å². The van der Waals surface area contributed by atoms with Gasteiger partial charge >= 0.3 is 0 Å². The number of nitrogens with one attached hydrogen (secondary N) is 1. The molecular weight excluding hydrogens is 224 g/mol. The second-order valence-electron chi connectivity index (χ2n) is 4.68. The maximum absolute atomic E-state index is 5.77. The van der Waals surface area contributed by atoms with Crippen LogP contribution in [0.1, 0.15) is 39.0 Å². The van der Waals surface area contributed by atoms with Gasteiger partial charge in [-0.1, -0.05) is 38.8 Å². The molecule has 3 heteroatoms. The van der Waals surface area contributed by atoms with Gasteiger partial charge in [-0.05, 0) is 25.1 Å². The fourth-order valence-electron chi connectivity index (χ4n) is 2.23. The number of aromatic nitrogens is 1. The lowest BCUT2D eigenvalue weighted by atomic mass is 10.1. The number of fused-ring (bicyclic) bond motifs is 1. The van der Waals surface area contributed by atoms with Gasteiger partial charge in [0, 0.05) is 12.5 Å². The van der Waals surface area contributed by atoms with Crippen molar-refractivity contribution in [2.24, 2.45) is 0 Å². The van der Waals surface area contributed by atoms with Crippen LogP contribution in [0.3, 0.4) is 0 Å². The summed E-state index contributed by atoms with van der Waals surface area (Å²) < 4.78 is 5.77. The third-order valence-electron chi connectivity index (χ3n) is 3.16. The summed E-state index contributed by atoms with van der Waals surface area (Å²) >= 11 is 0. The molecule has 0 amide bonds. The lowest BCUT2D eigenvalue weighted by Gasteiger charge is -2.15. The quantitative estimate of drug-likeness (QED) is 0.812. The number of likely N-dealkylation sites (N-methyl/N-ethyl adjacent to an activating group) is 1. The van der Waals surface area contributed by atoms with Gasteiger partial charge in [-0.2, -0.15) is 0 Å². The van der Waals surface area contributed by atoms with Gasteiger partial charge in [0.15, 0.2) is 11.5 Å². The van der Waals surface area contributed by atoms with E-state index in [9.17, 15) is 0 Å². The van der Waals surface area contributed by atoms with Crippen molar-refractivity contribution >= 4 is 11.1 Å². The van der Waals surface area contributed by atoms with E-state index in [1.807, 2.05) is 24.3 Å². The van der Waals surface area contributed by atoms with Crippen molar-refractivity contribution in [1.82, 2.24) is 10.3 Å². The molecule has 0 aliphatic rings. The van der Waals surface area contributed by atoms with Crippen LogP contribution in [0.15, 0.2) is 28.7 Å². The lowest BCUT2D eigenvalue weighted by molar-refractivity contribution is 0.423. The van der Waals surface area contributed by atoms with E-state index in [1.165, 1.54) is 19.3 Å². The summed E-state index contributed by atoms with van der Waals surface area (Å²) in [5.74, 6) is 0.846. The smallest absolute Gasteiger partial charge is 0.197 e. The number of oxazole rings is 1. The van der Waals surface area contributed by atoms with Gasteiger partial charge in [0.25, 0.3) is 0 Å². The molecule has 0 saturated carbocycles. The number of para-hydroxylation sites is 2. The number of hydrogen-bond donors (Lipinski definition) is 1. The highest BCUT2D eigenvalue weighted by Gasteiger charge is 2.12. The fraction of sp³-hybridized carbons (Fsp3) is 0.533. The van der Waals surface area contributed by atoms with Crippen LogP contribution in [-0.4, -0.2) is 17.6 Å². The van der Waals surface area contributed by atoms with E-state index in [0.717, 1.165) is 30.0 Å². The number of unbranched alkanes of at least 4 members (excludes halogenated alkanes) is 1. The van der Waals surface area contributed by atoms with Gasteiger partial charge in [-0.25, -0.2) is 4.98 Å². The molecule has 18 heavy (non-hydrogen) atoms. The van der Waals surface area contributed by atoms with Crippen molar-refractivity contribution in [2.45, 2.75) is 45.6 Å². The highest BCUT2D eigenvalue weighted by atomic mass is 16.3. The minimum Gasteiger partial charge on any atom is -0.441 e. The number of benzene rings is 1. The van der Waals surface area contributed by atoms with Crippen molar-refractivity contribution in [3.63, 3.8) is 0 Å². The fourth-order valence-corrected chi connectivity index (χ4v) is 2.23. The van der Waals surface area contributed by atoms with Gasteiger partial charge in [0.2, 0.25) is 0 Å². The van der Waals surface area contributed by atoms with Gasteiger partial charge in [-0.15, -0.1) is 0 Å². The van der Waals surface area contributed by atoms with Crippen LogP contribution in [0.2, 0.25) is 0 Å². The first-order chi connectivity index (χ1) is 8.83. The molecule has 2 aromatic rings. The highest BCUT2D eigenvalue weighted by Crippen LogP contribution is 2.16. The number of hydrogen-bond acceptors (Lipinski definition) is 3. The van der Waals surface area contributed by atoms with Crippen LogP contribution in [0, 0.1) is 0 Å². The minimum atomic E-state index is 0.475. The molecule has 1 unspecified atom stereocenters. The van der Waals surface area contributed by atoms with E-state index in [1.54, 1.807) is 0 Å². The van der Waals surface area contributed by atoms with Gasteiger partial charge in [-0.3, -0.25) is 0 Å². The summed E-state index contributed by atoms with van der Waals surface area (Å²) in [6.07, 6.45) is 4.54. The van der Waals surface area contributed by atoms with Crippen LogP contribution in [-0.2, 0) is 6.42 Å². The topological polar surface area (TPSA) is 38.1 Å². The van der Waals surface area contributed by atoms with E-state index in [-0.39, 0.29) is 0 Å². The maximum Gasteiger partial charge on any atom is 0.197 e. The van der Waals surface area contributed by atoms with Crippen molar-refractivity contribution < 1.29 is 4.42 Å². The van der Waals surface area contributed by atoms with E-state index >= 15 is 0 Å². The van der Waals surface area contributed by atoms with Crippen LogP contribution >= 0.6 is 0 Å².